The molecule has 0 bridgehead atoms. The van der Waals surface area contributed by atoms with Gasteiger partial charge in [0.15, 0.2) is 0 Å². The van der Waals surface area contributed by atoms with Crippen molar-refractivity contribution < 1.29 is 9.72 Å². The average Bonchev–Trinajstić information content (AvgIpc) is 3.24. The highest BCUT2D eigenvalue weighted by atomic mass is 32.2. The van der Waals surface area contributed by atoms with Crippen LogP contribution in [0.4, 0.5) is 11.5 Å². The maximum absolute atomic E-state index is 12.9. The van der Waals surface area contributed by atoms with Gasteiger partial charge < -0.3 is 5.32 Å². The molecule has 0 fully saturated rings. The van der Waals surface area contributed by atoms with E-state index in [0.717, 1.165) is 39.6 Å². The number of hydrogen-bond acceptors (Lipinski definition) is 5. The Balaban J connectivity index is 1.75. The van der Waals surface area contributed by atoms with E-state index in [-0.39, 0.29) is 11.3 Å². The summed E-state index contributed by atoms with van der Waals surface area (Å²) < 4.78 is 1.78. The first-order chi connectivity index (χ1) is 13.8. The maximum atomic E-state index is 12.9. The molecule has 0 unspecified atom stereocenters. The van der Waals surface area contributed by atoms with Crippen LogP contribution in [-0.2, 0) is 11.5 Å². The van der Waals surface area contributed by atoms with Gasteiger partial charge in [0.25, 0.3) is 11.6 Å². The first-order valence-corrected chi connectivity index (χ1v) is 10.3. The Bertz CT molecular complexity index is 1150. The first-order valence-electron chi connectivity index (χ1n) is 9.17. The summed E-state index contributed by atoms with van der Waals surface area (Å²) in [6, 6.07) is 10.6. The monoisotopic (exact) mass is 408 g/mol. The molecule has 0 aliphatic carbocycles. The summed E-state index contributed by atoms with van der Waals surface area (Å²) in [6.07, 6.45) is 0. The zero-order chi connectivity index (χ0) is 20.7. The normalized spacial score (nSPS) is 12.7. The van der Waals surface area contributed by atoms with Gasteiger partial charge in [-0.3, -0.25) is 14.9 Å². The zero-order valence-corrected chi connectivity index (χ0v) is 17.2. The van der Waals surface area contributed by atoms with Crippen molar-refractivity contribution in [1.82, 2.24) is 9.78 Å². The highest BCUT2D eigenvalue weighted by molar-refractivity contribution is 7.98. The van der Waals surface area contributed by atoms with Crippen molar-refractivity contribution in [3.05, 3.63) is 80.0 Å². The summed E-state index contributed by atoms with van der Waals surface area (Å²) in [5.74, 6) is 1.81. The third-order valence-electron chi connectivity index (χ3n) is 5.03. The van der Waals surface area contributed by atoms with Crippen LogP contribution in [0.1, 0.15) is 38.3 Å². The molecule has 3 aromatic rings. The van der Waals surface area contributed by atoms with Gasteiger partial charge in [-0.25, -0.2) is 4.68 Å². The molecule has 1 amide bonds. The fourth-order valence-corrected chi connectivity index (χ4v) is 4.52. The van der Waals surface area contributed by atoms with E-state index in [1.54, 1.807) is 35.5 Å². The predicted octanol–water partition coefficient (Wildman–Crippen LogP) is 4.70. The van der Waals surface area contributed by atoms with E-state index in [1.807, 2.05) is 26.0 Å². The van der Waals surface area contributed by atoms with Crippen LogP contribution in [0, 0.1) is 30.9 Å². The molecule has 7 nitrogen and oxygen atoms in total. The number of carbonyl (C=O) groups excluding carboxylic acids is 1. The average molecular weight is 408 g/mol. The number of aromatic nitrogens is 2. The smallest absolute Gasteiger partial charge is 0.273 e. The number of anilines is 1. The molecular weight excluding hydrogens is 388 g/mol. The molecule has 0 saturated heterocycles. The van der Waals surface area contributed by atoms with Crippen LogP contribution in [0.3, 0.4) is 0 Å². The number of rotatable bonds is 4. The van der Waals surface area contributed by atoms with E-state index < -0.39 is 10.8 Å². The minimum absolute atomic E-state index is 0.0682. The van der Waals surface area contributed by atoms with Gasteiger partial charge >= 0.3 is 0 Å². The van der Waals surface area contributed by atoms with Crippen molar-refractivity contribution in [3.8, 4) is 5.69 Å². The summed E-state index contributed by atoms with van der Waals surface area (Å²) in [4.78, 5) is 23.7. The summed E-state index contributed by atoms with van der Waals surface area (Å²) in [7, 11) is 0. The summed E-state index contributed by atoms with van der Waals surface area (Å²) in [5, 5.41) is 18.9. The number of benzene rings is 2. The number of hydrogen-bond donors (Lipinski definition) is 1. The molecule has 0 radical (unpaired) electrons. The molecule has 1 aromatic heterocycles. The Hall–Kier alpha value is -3.13. The number of nitro benzene ring substituents is 1. The van der Waals surface area contributed by atoms with E-state index >= 15 is 0 Å². The van der Waals surface area contributed by atoms with Gasteiger partial charge in [0.05, 0.1) is 16.3 Å². The molecular formula is C21H20N4O3S. The number of thioether (sulfide) groups is 1. The Morgan fingerprint density at radius 2 is 1.93 bits per heavy atom. The SMILES string of the molecule is Cc1ccc(-n2nc3c(c2NC(=O)c2ccc(C)c([N+](=O)[O-])c2)CSC3)c(C)c1. The van der Waals surface area contributed by atoms with Crippen LogP contribution in [0.2, 0.25) is 0 Å². The predicted molar refractivity (Wildman–Crippen MR) is 114 cm³/mol. The minimum atomic E-state index is -0.472. The van der Waals surface area contributed by atoms with Crippen LogP contribution in [0.25, 0.3) is 5.69 Å². The number of amides is 1. The van der Waals surface area contributed by atoms with E-state index in [1.165, 1.54) is 6.07 Å². The fraction of sp³-hybridized carbons (Fsp3) is 0.238. The number of carbonyl (C=O) groups is 1. The van der Waals surface area contributed by atoms with Crippen LogP contribution < -0.4 is 5.32 Å². The molecule has 0 saturated carbocycles. The molecule has 2 aromatic carbocycles. The molecule has 0 atom stereocenters. The van der Waals surface area contributed by atoms with Crippen LogP contribution in [0.5, 0.6) is 0 Å². The Labute approximate surface area is 172 Å². The van der Waals surface area contributed by atoms with Gasteiger partial charge in [0.1, 0.15) is 5.82 Å². The second kappa shape index (κ2) is 7.36. The standard InChI is InChI=1S/C21H20N4O3S/c1-12-4-7-18(14(3)8-12)24-20(16-10-29-11-17(16)23-24)22-21(26)15-6-5-13(2)19(9-15)25(27)28/h4-9H,10-11H2,1-3H3,(H,22,26). The van der Waals surface area contributed by atoms with E-state index in [9.17, 15) is 14.9 Å². The molecule has 1 aliphatic heterocycles. The van der Waals surface area contributed by atoms with Gasteiger partial charge in [-0.05, 0) is 38.5 Å². The second-order valence-corrected chi connectivity index (χ2v) is 8.17. The topological polar surface area (TPSA) is 90.1 Å². The lowest BCUT2D eigenvalue weighted by Gasteiger charge is -2.13. The summed E-state index contributed by atoms with van der Waals surface area (Å²) in [6.45, 7) is 5.70. The van der Waals surface area contributed by atoms with Crippen LogP contribution in [-0.4, -0.2) is 20.6 Å². The largest absolute Gasteiger partial charge is 0.306 e. The van der Waals surface area contributed by atoms with E-state index in [0.29, 0.717) is 11.4 Å². The second-order valence-electron chi connectivity index (χ2n) is 7.18. The highest BCUT2D eigenvalue weighted by Gasteiger charge is 2.26. The number of nitrogens with zero attached hydrogens (tertiary/aromatic N) is 3. The van der Waals surface area contributed by atoms with Crippen molar-refractivity contribution in [2.75, 3.05) is 5.32 Å². The number of aryl methyl sites for hydroxylation is 3. The molecule has 1 N–H and O–H groups in total. The van der Waals surface area contributed by atoms with Crippen LogP contribution >= 0.6 is 11.8 Å². The quantitative estimate of drug-likeness (QED) is 0.499. The van der Waals surface area contributed by atoms with Crippen molar-refractivity contribution in [3.63, 3.8) is 0 Å². The molecule has 29 heavy (non-hydrogen) atoms. The number of nitro groups is 1. The molecule has 0 spiro atoms. The summed E-state index contributed by atoms with van der Waals surface area (Å²) >= 11 is 1.75. The van der Waals surface area contributed by atoms with E-state index in [2.05, 4.69) is 11.4 Å². The van der Waals surface area contributed by atoms with Gasteiger partial charge in [-0.1, -0.05) is 23.8 Å². The van der Waals surface area contributed by atoms with Crippen molar-refractivity contribution in [1.29, 1.82) is 0 Å². The Kier molecular flexibility index (Phi) is 4.87. The van der Waals surface area contributed by atoms with Gasteiger partial charge in [-0.2, -0.15) is 16.9 Å². The fourth-order valence-electron chi connectivity index (χ4n) is 3.49. The number of nitrogens with one attached hydrogen (secondary N) is 1. The van der Waals surface area contributed by atoms with Gasteiger partial charge in [-0.15, -0.1) is 0 Å². The first kappa shape index (κ1) is 19.2. The van der Waals surface area contributed by atoms with Crippen molar-refractivity contribution >= 4 is 29.2 Å². The molecule has 1 aliphatic rings. The highest BCUT2D eigenvalue weighted by Crippen LogP contribution is 2.37. The van der Waals surface area contributed by atoms with E-state index in [4.69, 9.17) is 5.10 Å². The molecule has 8 heteroatoms. The van der Waals surface area contributed by atoms with Crippen LogP contribution in [0.15, 0.2) is 36.4 Å². The van der Waals surface area contributed by atoms with Crippen molar-refractivity contribution in [2.45, 2.75) is 32.3 Å². The minimum Gasteiger partial charge on any atom is -0.306 e. The summed E-state index contributed by atoms with van der Waals surface area (Å²) in [5.41, 5.74) is 5.77. The molecule has 148 valence electrons. The van der Waals surface area contributed by atoms with Gasteiger partial charge in [0, 0.05) is 34.3 Å². The molecule has 2 heterocycles. The number of fused-ring (bicyclic) bond motifs is 1. The Morgan fingerprint density at radius 1 is 1.14 bits per heavy atom. The lowest BCUT2D eigenvalue weighted by Crippen LogP contribution is -2.17. The lowest BCUT2D eigenvalue weighted by molar-refractivity contribution is -0.385. The Morgan fingerprint density at radius 3 is 2.66 bits per heavy atom. The zero-order valence-electron chi connectivity index (χ0n) is 16.4. The third-order valence-corrected chi connectivity index (χ3v) is 6.00. The molecule has 4 rings (SSSR count). The van der Waals surface area contributed by atoms with Crippen molar-refractivity contribution in [2.24, 2.45) is 0 Å². The van der Waals surface area contributed by atoms with Gasteiger partial charge in [0.2, 0.25) is 0 Å². The maximum Gasteiger partial charge on any atom is 0.273 e. The lowest BCUT2D eigenvalue weighted by atomic mass is 10.1. The third kappa shape index (κ3) is 3.51.